The van der Waals surface area contributed by atoms with E-state index in [-0.39, 0.29) is 5.41 Å². The van der Waals surface area contributed by atoms with Crippen molar-refractivity contribution < 1.29 is 18.3 Å². The Labute approximate surface area is 684 Å². The summed E-state index contributed by atoms with van der Waals surface area (Å²) in [5.41, 5.74) is 46.7. The second-order valence-electron chi connectivity index (χ2n) is 34.0. The van der Waals surface area contributed by atoms with Crippen LogP contribution in [0.3, 0.4) is 0 Å². The Hall–Kier alpha value is -11.2. The summed E-state index contributed by atoms with van der Waals surface area (Å²) in [6.45, 7) is 38.2. The maximum absolute atomic E-state index is 2.48. The molecule has 0 radical (unpaired) electrons. The van der Waals surface area contributed by atoms with E-state index in [9.17, 15) is 0 Å². The van der Waals surface area contributed by atoms with Crippen molar-refractivity contribution in [1.82, 2.24) is 0 Å². The Morgan fingerprint density at radius 1 is 0.281 bits per heavy atom. The summed E-state index contributed by atoms with van der Waals surface area (Å²) < 4.78 is 9.11. The van der Waals surface area contributed by atoms with Gasteiger partial charge in [0.15, 0.2) is 24.8 Å². The van der Waals surface area contributed by atoms with E-state index in [0.717, 1.165) is 12.3 Å². The lowest BCUT2D eigenvalue weighted by atomic mass is 9.82. The number of hydrogen-bond acceptors (Lipinski definition) is 0. The molecule has 0 atom stereocenters. The predicted octanol–water partition coefficient (Wildman–Crippen LogP) is 27.2. The first-order valence-electron chi connectivity index (χ1n) is 41.5. The molecule has 1 aliphatic carbocycles. The highest BCUT2D eigenvalue weighted by Crippen LogP contribution is 2.42. The van der Waals surface area contributed by atoms with Gasteiger partial charge in [0.1, 0.15) is 28.2 Å². The van der Waals surface area contributed by atoms with Crippen molar-refractivity contribution in [2.75, 3.05) is 0 Å². The normalized spacial score (nSPS) is 12.2. The minimum absolute atomic E-state index is 0.263. The van der Waals surface area contributed by atoms with Gasteiger partial charge in [-0.1, -0.05) is 254 Å². The molecule has 578 valence electrons. The molecule has 0 bridgehead atoms. The molecule has 1 aliphatic rings. The van der Waals surface area contributed by atoms with Gasteiger partial charge in [-0.25, -0.2) is 18.3 Å². The van der Waals surface area contributed by atoms with Crippen molar-refractivity contribution in [3.63, 3.8) is 0 Å². The fourth-order valence-electron chi connectivity index (χ4n) is 17.7. The van der Waals surface area contributed by atoms with Crippen LogP contribution >= 0.6 is 0 Å². The fraction of sp³-hybridized carbons (Fsp3) is 0.273. The molecular formula is C110H122N4+4. The van der Waals surface area contributed by atoms with Crippen LogP contribution < -0.4 is 18.3 Å². The number of aromatic nitrogens is 4. The van der Waals surface area contributed by atoms with Crippen LogP contribution in [0.1, 0.15) is 162 Å². The molecule has 15 rings (SSSR count). The molecule has 114 heavy (non-hydrogen) atoms. The number of pyridine rings is 4. The molecule has 14 aromatic rings. The Kier molecular flexibility index (Phi) is 26.2. The van der Waals surface area contributed by atoms with Gasteiger partial charge in [0.05, 0.1) is 0 Å². The van der Waals surface area contributed by atoms with Gasteiger partial charge >= 0.3 is 0 Å². The molecule has 0 unspecified atom stereocenters. The lowest BCUT2D eigenvalue weighted by molar-refractivity contribution is -0.661. The zero-order valence-electron chi connectivity index (χ0n) is 72.2. The van der Waals surface area contributed by atoms with Gasteiger partial charge in [0.2, 0.25) is 22.8 Å². The average Bonchev–Trinajstić information content (AvgIpc) is 0.806. The molecule has 0 amide bonds. The third kappa shape index (κ3) is 18.5. The van der Waals surface area contributed by atoms with Gasteiger partial charge in [-0.3, -0.25) is 0 Å². The van der Waals surface area contributed by atoms with E-state index in [4.69, 9.17) is 0 Å². The summed E-state index contributed by atoms with van der Waals surface area (Å²) in [7, 11) is 8.65. The molecule has 1 fully saturated rings. The molecule has 4 heteroatoms. The lowest BCUT2D eigenvalue weighted by Crippen LogP contribution is -2.33. The number of benzene rings is 10. The Balaban J connectivity index is 0.000000141. The predicted molar refractivity (Wildman–Crippen MR) is 485 cm³/mol. The summed E-state index contributed by atoms with van der Waals surface area (Å²) >= 11 is 0. The second kappa shape index (κ2) is 36.3. The van der Waals surface area contributed by atoms with Crippen LogP contribution in [0.2, 0.25) is 0 Å². The minimum Gasteiger partial charge on any atom is -0.201 e. The highest BCUT2D eigenvalue weighted by molar-refractivity contribution is 5.84. The third-order valence-electron chi connectivity index (χ3n) is 23.9. The minimum atomic E-state index is 0.263. The summed E-state index contributed by atoms with van der Waals surface area (Å²) in [4.78, 5) is 0. The van der Waals surface area contributed by atoms with Crippen molar-refractivity contribution in [1.29, 1.82) is 0 Å². The molecule has 0 aliphatic heterocycles. The number of hydrogen-bond donors (Lipinski definition) is 0. The molecule has 0 N–H and O–H groups in total. The summed E-state index contributed by atoms with van der Waals surface area (Å²) in [6.07, 6.45) is 17.1. The van der Waals surface area contributed by atoms with E-state index < -0.39 is 0 Å². The molecule has 4 aromatic heterocycles. The van der Waals surface area contributed by atoms with Crippen molar-refractivity contribution in [2.24, 2.45) is 33.6 Å². The standard InChI is InChI=1S/C28H28N.C28H36N.C27H32N.C27H26N/c1-19-11-6-8-13-23(19)25-15-10-16-26(22(25)4)28-17-27(21(3)18-29(28)5)24-14-9-7-12-20(24)2;1-19(2)26-18-29(8)27(16-22(26)17-28(5,6)7)25-15-11-14-24(21(25)4)23-13-10-9-12-20(23)3;2*1-19-11-8-9-14-23(19)24-15-10-16-25(21(24)3)27-17-26(20(2)18-28(27)4)22-12-6-5-7-13-22/h6-18H,1-5H3;9-16,18-19H,17H2,1-8H3;8-11,14-18,22H,5-7,12-13H2,1-4H3;5-18H,1-4H3/q4*+1. The van der Waals surface area contributed by atoms with E-state index >= 15 is 0 Å². The van der Waals surface area contributed by atoms with E-state index in [1.165, 1.54) is 222 Å². The van der Waals surface area contributed by atoms with Crippen molar-refractivity contribution in [2.45, 2.75) is 168 Å². The molecule has 10 aromatic carbocycles. The number of nitrogens with zero attached hydrogens (tertiary/aromatic N) is 4. The van der Waals surface area contributed by atoms with Crippen molar-refractivity contribution in [3.8, 4) is 112 Å². The largest absolute Gasteiger partial charge is 0.213 e. The molecule has 0 saturated heterocycles. The lowest BCUT2D eigenvalue weighted by Gasteiger charge is -2.23. The monoisotopic (exact) mass is 1500 g/mol. The number of aryl methyl sites for hydroxylation is 12. The van der Waals surface area contributed by atoms with Crippen LogP contribution in [-0.2, 0) is 34.6 Å². The maximum Gasteiger partial charge on any atom is 0.213 e. The molecule has 0 spiro atoms. The first kappa shape index (κ1) is 82.3. The fourth-order valence-corrected chi connectivity index (χ4v) is 17.7. The molecular weight excluding hydrogens is 1380 g/mol. The molecule has 1 saturated carbocycles. The van der Waals surface area contributed by atoms with Crippen LogP contribution in [0.5, 0.6) is 0 Å². The highest BCUT2D eigenvalue weighted by atomic mass is 14.9. The summed E-state index contributed by atoms with van der Waals surface area (Å²) in [6, 6.07) is 90.2. The third-order valence-corrected chi connectivity index (χ3v) is 23.9. The van der Waals surface area contributed by atoms with E-state index in [1.54, 1.807) is 5.56 Å². The zero-order chi connectivity index (χ0) is 81.2. The van der Waals surface area contributed by atoms with Gasteiger partial charge < -0.3 is 0 Å². The summed E-state index contributed by atoms with van der Waals surface area (Å²) in [5, 5.41) is 0. The van der Waals surface area contributed by atoms with Crippen molar-refractivity contribution in [3.05, 3.63) is 357 Å². The van der Waals surface area contributed by atoms with Gasteiger partial charge in [-0.15, -0.1) is 0 Å². The summed E-state index contributed by atoms with van der Waals surface area (Å²) in [5.74, 6) is 1.25. The SMILES string of the molecule is Cc1c[n+](C)c(-c2cccc(-c3ccccc3C)c2C)cc1-c1ccccc1.Cc1ccccc1-c1cc(-c2cccc(-c3ccccc3C)c2C)[n+](C)cc1C.Cc1ccccc1-c1cccc(-c2cc(C3CCCCC3)c(C)c[n+]2C)c1C.Cc1ccccc1-c1cccc(-c2cc(CC(C)(C)C)c(C(C)C)c[n+]2C)c1C. The van der Waals surface area contributed by atoms with E-state index in [1.807, 2.05) is 0 Å². The topological polar surface area (TPSA) is 15.5 Å². The first-order chi connectivity index (χ1) is 54.7. The Bertz CT molecular complexity index is 5770. The smallest absolute Gasteiger partial charge is 0.201 e. The second-order valence-corrected chi connectivity index (χ2v) is 34.0. The molecule has 4 nitrogen and oxygen atoms in total. The van der Waals surface area contributed by atoms with E-state index in [0.29, 0.717) is 5.92 Å². The van der Waals surface area contributed by atoms with Gasteiger partial charge in [0.25, 0.3) is 0 Å². The van der Waals surface area contributed by atoms with Gasteiger partial charge in [-0.2, -0.15) is 0 Å². The molecule has 4 heterocycles. The Morgan fingerprint density at radius 3 is 0.930 bits per heavy atom. The van der Waals surface area contributed by atoms with Crippen LogP contribution in [0.4, 0.5) is 0 Å². The number of rotatable bonds is 13. The first-order valence-corrected chi connectivity index (χ1v) is 41.5. The van der Waals surface area contributed by atoms with Crippen LogP contribution in [0.25, 0.3) is 112 Å². The zero-order valence-corrected chi connectivity index (χ0v) is 72.2. The van der Waals surface area contributed by atoms with Crippen LogP contribution in [0.15, 0.2) is 274 Å². The van der Waals surface area contributed by atoms with E-state index in [2.05, 4.69) is 438 Å². The average molecular weight is 1500 g/mol. The van der Waals surface area contributed by atoms with Gasteiger partial charge in [0, 0.05) is 68.8 Å². The van der Waals surface area contributed by atoms with Crippen LogP contribution in [-0.4, -0.2) is 0 Å². The van der Waals surface area contributed by atoms with Crippen molar-refractivity contribution >= 4 is 0 Å². The quantitative estimate of drug-likeness (QED) is 0.102. The maximum atomic E-state index is 2.48. The highest BCUT2D eigenvalue weighted by Gasteiger charge is 2.28. The van der Waals surface area contributed by atoms with Crippen LogP contribution in [0, 0.1) is 88.5 Å². The Morgan fingerprint density at radius 2 is 0.570 bits per heavy atom. The van der Waals surface area contributed by atoms with Gasteiger partial charge in [-0.05, 0) is 272 Å².